The number of benzene rings is 2. The van der Waals surface area contributed by atoms with Crippen molar-refractivity contribution in [1.82, 2.24) is 4.90 Å². The molecule has 1 N–H and O–H groups in total. The summed E-state index contributed by atoms with van der Waals surface area (Å²) in [4.78, 5) is 27.3. The van der Waals surface area contributed by atoms with Crippen LogP contribution in [0.3, 0.4) is 0 Å². The molecule has 2 aromatic carbocycles. The van der Waals surface area contributed by atoms with Crippen molar-refractivity contribution in [3.8, 4) is 5.75 Å². The van der Waals surface area contributed by atoms with Crippen LogP contribution in [0.1, 0.15) is 22.9 Å². The van der Waals surface area contributed by atoms with Crippen LogP contribution in [0.5, 0.6) is 5.75 Å². The number of hydrogen-bond acceptors (Lipinski definition) is 5. The lowest BCUT2D eigenvalue weighted by atomic mass is 9.99. The Morgan fingerprint density at radius 3 is 2.50 bits per heavy atom. The van der Waals surface area contributed by atoms with E-state index in [0.717, 1.165) is 10.0 Å². The average Bonchev–Trinajstić information content (AvgIpc) is 3.37. The number of ketones is 1. The molecular weight excluding hydrogens is 450 g/mol. The molecule has 0 saturated carbocycles. The third-order valence-electron chi connectivity index (χ3n) is 5.00. The first-order valence-electron chi connectivity index (χ1n) is 9.21. The van der Waals surface area contributed by atoms with Crippen molar-refractivity contribution < 1.29 is 23.8 Å². The van der Waals surface area contributed by atoms with E-state index in [2.05, 4.69) is 15.9 Å². The Bertz CT molecular complexity index is 1120. The number of furan rings is 1. The molecule has 152 valence electrons. The number of nitrogens with zero attached hydrogens (tertiary/aromatic N) is 1. The molecule has 1 aliphatic heterocycles. The van der Waals surface area contributed by atoms with Crippen LogP contribution in [0.15, 0.2) is 81.4 Å². The highest BCUT2D eigenvalue weighted by molar-refractivity contribution is 9.10. The summed E-state index contributed by atoms with van der Waals surface area (Å²) in [6.07, 6.45) is 1.47. The van der Waals surface area contributed by atoms with E-state index in [1.165, 1.54) is 11.2 Å². The van der Waals surface area contributed by atoms with E-state index in [0.29, 0.717) is 17.1 Å². The first kappa shape index (κ1) is 20.0. The molecule has 0 radical (unpaired) electrons. The molecule has 1 fully saturated rings. The fourth-order valence-corrected chi connectivity index (χ4v) is 3.83. The van der Waals surface area contributed by atoms with Crippen LogP contribution < -0.4 is 4.74 Å². The van der Waals surface area contributed by atoms with Gasteiger partial charge in [0.15, 0.2) is 0 Å². The highest BCUT2D eigenvalue weighted by atomic mass is 79.9. The fourth-order valence-electron chi connectivity index (χ4n) is 3.57. The maximum absolute atomic E-state index is 13.0. The predicted molar refractivity (Wildman–Crippen MR) is 114 cm³/mol. The summed E-state index contributed by atoms with van der Waals surface area (Å²) >= 11 is 3.35. The van der Waals surface area contributed by atoms with Gasteiger partial charge in [0.2, 0.25) is 0 Å². The van der Waals surface area contributed by atoms with E-state index in [9.17, 15) is 14.7 Å². The molecule has 0 aliphatic carbocycles. The molecule has 3 aromatic rings. The Morgan fingerprint density at radius 2 is 1.83 bits per heavy atom. The molecule has 2 heterocycles. The van der Waals surface area contributed by atoms with Gasteiger partial charge in [-0.05, 0) is 30.3 Å². The number of hydrogen-bond donors (Lipinski definition) is 1. The van der Waals surface area contributed by atoms with Crippen LogP contribution in [-0.4, -0.2) is 28.8 Å². The summed E-state index contributed by atoms with van der Waals surface area (Å²) in [7, 11) is 1.55. The molecule has 0 bridgehead atoms. The topological polar surface area (TPSA) is 80.0 Å². The Balaban J connectivity index is 1.83. The summed E-state index contributed by atoms with van der Waals surface area (Å²) in [5, 5.41) is 11.0. The summed E-state index contributed by atoms with van der Waals surface area (Å²) in [5.74, 6) is -0.717. The number of ether oxygens (including phenoxy) is 1. The minimum absolute atomic E-state index is 0.00725. The molecule has 1 saturated heterocycles. The molecule has 1 aliphatic rings. The Hall–Kier alpha value is -3.32. The van der Waals surface area contributed by atoms with E-state index in [1.807, 2.05) is 18.2 Å². The van der Waals surface area contributed by atoms with Gasteiger partial charge in [-0.3, -0.25) is 9.59 Å². The van der Waals surface area contributed by atoms with Gasteiger partial charge >= 0.3 is 0 Å². The van der Waals surface area contributed by atoms with Crippen LogP contribution in [0.2, 0.25) is 0 Å². The second-order valence-electron chi connectivity index (χ2n) is 6.76. The quantitative estimate of drug-likeness (QED) is 0.335. The maximum Gasteiger partial charge on any atom is 0.296 e. The number of halogens is 1. The summed E-state index contributed by atoms with van der Waals surface area (Å²) < 4.78 is 11.8. The van der Waals surface area contributed by atoms with Crippen molar-refractivity contribution in [1.29, 1.82) is 0 Å². The minimum atomic E-state index is -0.853. The van der Waals surface area contributed by atoms with Crippen LogP contribution >= 0.6 is 15.9 Å². The third kappa shape index (κ3) is 3.52. The predicted octanol–water partition coefficient (Wildman–Crippen LogP) is 4.67. The highest BCUT2D eigenvalue weighted by Crippen LogP contribution is 2.41. The number of para-hydroxylation sites is 1. The van der Waals surface area contributed by atoms with Gasteiger partial charge in [-0.15, -0.1) is 0 Å². The molecule has 1 aromatic heterocycles. The van der Waals surface area contributed by atoms with Gasteiger partial charge in [0.05, 0.1) is 25.5 Å². The fraction of sp³-hybridized carbons (Fsp3) is 0.130. The zero-order valence-corrected chi connectivity index (χ0v) is 17.6. The summed E-state index contributed by atoms with van der Waals surface area (Å²) in [5.41, 5.74) is 1.17. The second kappa shape index (κ2) is 8.20. The van der Waals surface area contributed by atoms with Gasteiger partial charge in [-0.1, -0.05) is 46.3 Å². The van der Waals surface area contributed by atoms with Gasteiger partial charge in [0, 0.05) is 15.6 Å². The number of likely N-dealkylation sites (tertiary alicyclic amines) is 1. The third-order valence-corrected chi connectivity index (χ3v) is 5.53. The van der Waals surface area contributed by atoms with E-state index < -0.39 is 17.7 Å². The smallest absolute Gasteiger partial charge is 0.296 e. The molecule has 1 unspecified atom stereocenters. The molecule has 1 atom stereocenters. The van der Waals surface area contributed by atoms with E-state index >= 15 is 0 Å². The molecule has 30 heavy (non-hydrogen) atoms. The molecule has 1 amide bonds. The second-order valence-corrected chi connectivity index (χ2v) is 7.68. The zero-order chi connectivity index (χ0) is 21.3. The van der Waals surface area contributed by atoms with Crippen molar-refractivity contribution in [2.75, 3.05) is 7.11 Å². The van der Waals surface area contributed by atoms with Gasteiger partial charge < -0.3 is 19.2 Å². The maximum atomic E-state index is 13.0. The SMILES string of the molecule is COc1ccccc1CN1C(=O)C(=O)/C(=C(\O)c2ccc(Br)cc2)C1c1ccco1. The van der Waals surface area contributed by atoms with Crippen molar-refractivity contribution in [3.05, 3.63) is 93.9 Å². The van der Waals surface area contributed by atoms with Crippen LogP contribution in [0.25, 0.3) is 5.76 Å². The van der Waals surface area contributed by atoms with Crippen LogP contribution in [0.4, 0.5) is 0 Å². The molecular formula is C23H18BrNO5. The zero-order valence-electron chi connectivity index (χ0n) is 16.0. The lowest BCUT2D eigenvalue weighted by Crippen LogP contribution is -2.29. The molecule has 0 spiro atoms. The lowest BCUT2D eigenvalue weighted by molar-refractivity contribution is -0.140. The van der Waals surface area contributed by atoms with E-state index in [4.69, 9.17) is 9.15 Å². The summed E-state index contributed by atoms with van der Waals surface area (Å²) in [6, 6.07) is 16.6. The van der Waals surface area contributed by atoms with Gasteiger partial charge in [0.1, 0.15) is 23.3 Å². The summed E-state index contributed by atoms with van der Waals surface area (Å²) in [6.45, 7) is 0.122. The molecule has 6 nitrogen and oxygen atoms in total. The van der Waals surface area contributed by atoms with Gasteiger partial charge in [-0.2, -0.15) is 0 Å². The van der Waals surface area contributed by atoms with Crippen LogP contribution in [0, 0.1) is 0 Å². The first-order valence-corrected chi connectivity index (χ1v) is 10.00. The van der Waals surface area contributed by atoms with E-state index in [1.54, 1.807) is 49.6 Å². The Morgan fingerprint density at radius 1 is 1.10 bits per heavy atom. The minimum Gasteiger partial charge on any atom is -0.507 e. The highest BCUT2D eigenvalue weighted by Gasteiger charge is 2.47. The first-order chi connectivity index (χ1) is 14.5. The largest absolute Gasteiger partial charge is 0.507 e. The lowest BCUT2D eigenvalue weighted by Gasteiger charge is -2.24. The average molecular weight is 468 g/mol. The van der Waals surface area contributed by atoms with Crippen LogP contribution in [-0.2, 0) is 16.1 Å². The standard InChI is InChI=1S/C23H18BrNO5/c1-29-17-6-3-2-5-15(17)13-25-20(18-7-4-12-30-18)19(22(27)23(25)28)21(26)14-8-10-16(24)11-9-14/h2-12,20,26H,13H2,1H3/b21-19-. The Labute approximate surface area is 181 Å². The molecule has 4 rings (SSSR count). The number of amides is 1. The van der Waals surface area contributed by atoms with Crippen molar-refractivity contribution >= 4 is 33.4 Å². The van der Waals surface area contributed by atoms with Gasteiger partial charge in [0.25, 0.3) is 11.7 Å². The van der Waals surface area contributed by atoms with Crippen molar-refractivity contribution in [3.63, 3.8) is 0 Å². The Kier molecular flexibility index (Phi) is 5.46. The van der Waals surface area contributed by atoms with Crippen molar-refractivity contribution in [2.45, 2.75) is 12.6 Å². The number of carbonyl (C=O) groups excluding carboxylic acids is 2. The van der Waals surface area contributed by atoms with E-state index in [-0.39, 0.29) is 17.9 Å². The number of carbonyl (C=O) groups is 2. The number of aliphatic hydroxyl groups excluding tert-OH is 1. The number of Topliss-reactive ketones (excluding diaryl/α,β-unsaturated/α-hetero) is 1. The number of rotatable bonds is 5. The van der Waals surface area contributed by atoms with Gasteiger partial charge in [-0.25, -0.2) is 0 Å². The normalized spacial score (nSPS) is 18.1. The monoisotopic (exact) mass is 467 g/mol. The molecule has 7 heteroatoms. The number of aliphatic hydroxyl groups is 1. The number of methoxy groups -OCH3 is 1. The van der Waals surface area contributed by atoms with Crippen molar-refractivity contribution in [2.24, 2.45) is 0 Å².